The minimum Gasteiger partial charge on any atom is -0.491 e. The minimum absolute atomic E-state index is 0.0102. The lowest BCUT2D eigenvalue weighted by Crippen LogP contribution is -2.62. The van der Waals surface area contributed by atoms with E-state index in [1.165, 1.54) is 11.1 Å². The zero-order valence-corrected chi connectivity index (χ0v) is 15.9. The average molecular weight is 382 g/mol. The van der Waals surface area contributed by atoms with Crippen molar-refractivity contribution in [1.29, 1.82) is 0 Å². The monoisotopic (exact) mass is 382 g/mol. The number of hydrogen-bond donors (Lipinski definition) is 1. The van der Waals surface area contributed by atoms with Crippen molar-refractivity contribution < 1.29 is 19.4 Å². The summed E-state index contributed by atoms with van der Waals surface area (Å²) in [5, 5.41) is 8.85. The highest BCUT2D eigenvalue weighted by Crippen LogP contribution is 2.33. The van der Waals surface area contributed by atoms with E-state index in [2.05, 4.69) is 29.2 Å². The topological polar surface area (TPSA) is 62.2 Å². The summed E-state index contributed by atoms with van der Waals surface area (Å²) in [5.41, 5.74) is 2.11. The number of nitrogens with zero attached hydrogens (tertiary/aromatic N) is 2. The molecule has 2 aliphatic rings. The summed E-state index contributed by atoms with van der Waals surface area (Å²) >= 11 is 0. The molecule has 1 atom stereocenters. The summed E-state index contributed by atoms with van der Waals surface area (Å²) in [7, 11) is 0. The fraction of sp³-hybridized carbons (Fsp3) is 0.409. The van der Waals surface area contributed by atoms with E-state index in [9.17, 15) is 4.79 Å². The van der Waals surface area contributed by atoms with Gasteiger partial charge in [-0.15, -0.1) is 0 Å². The molecule has 2 heterocycles. The number of amides is 1. The average Bonchev–Trinajstić information content (AvgIpc) is 3.04. The van der Waals surface area contributed by atoms with Crippen LogP contribution in [-0.4, -0.2) is 66.0 Å². The van der Waals surface area contributed by atoms with Gasteiger partial charge in [-0.05, 0) is 23.3 Å². The van der Waals surface area contributed by atoms with Gasteiger partial charge < -0.3 is 14.6 Å². The van der Waals surface area contributed by atoms with E-state index in [-0.39, 0.29) is 18.2 Å². The number of benzene rings is 2. The number of aliphatic hydroxyl groups excluding tert-OH is 1. The van der Waals surface area contributed by atoms with Gasteiger partial charge in [0.25, 0.3) is 0 Å². The first-order chi connectivity index (χ1) is 13.7. The second kappa shape index (κ2) is 8.20. The largest absolute Gasteiger partial charge is 0.491 e. The van der Waals surface area contributed by atoms with E-state index >= 15 is 0 Å². The van der Waals surface area contributed by atoms with Gasteiger partial charge in [-0.3, -0.25) is 9.80 Å². The molecule has 0 aromatic heterocycles. The van der Waals surface area contributed by atoms with Crippen molar-refractivity contribution in [3.05, 3.63) is 65.7 Å². The molecule has 2 aliphatic heterocycles. The number of rotatable bonds is 7. The second-order valence-corrected chi connectivity index (χ2v) is 7.52. The molecule has 6 heteroatoms. The van der Waals surface area contributed by atoms with Gasteiger partial charge in [0.2, 0.25) is 0 Å². The van der Waals surface area contributed by atoms with Crippen LogP contribution in [0.4, 0.5) is 4.79 Å². The number of piperazine rings is 1. The van der Waals surface area contributed by atoms with E-state index in [1.807, 2.05) is 35.2 Å². The fourth-order valence-electron chi connectivity index (χ4n) is 4.17. The van der Waals surface area contributed by atoms with Gasteiger partial charge in [0.15, 0.2) is 0 Å². The number of cyclic esters (lactones) is 1. The molecule has 1 unspecified atom stereocenters. The van der Waals surface area contributed by atoms with Crippen LogP contribution in [0.15, 0.2) is 54.6 Å². The number of aliphatic hydroxyl groups is 1. The van der Waals surface area contributed by atoms with Crippen LogP contribution in [0.25, 0.3) is 0 Å². The number of fused-ring (bicyclic) bond motifs is 1. The van der Waals surface area contributed by atoms with Crippen molar-refractivity contribution in [1.82, 2.24) is 9.80 Å². The van der Waals surface area contributed by atoms with E-state index < -0.39 is 0 Å². The molecular weight excluding hydrogens is 356 g/mol. The molecule has 1 N–H and O–H groups in total. The first-order valence-corrected chi connectivity index (χ1v) is 9.72. The van der Waals surface area contributed by atoms with Crippen LogP contribution in [0, 0.1) is 0 Å². The summed E-state index contributed by atoms with van der Waals surface area (Å²) in [6.07, 6.45) is 0.602. The SMILES string of the molecule is O=C1OCC2(Cc3ccccc3)CN(Cc3ccc(OCCO)cc3)CCN12. The van der Waals surface area contributed by atoms with Crippen molar-refractivity contribution >= 4 is 6.09 Å². The zero-order chi connectivity index (χ0) is 19.4. The molecule has 0 bridgehead atoms. The summed E-state index contributed by atoms with van der Waals surface area (Å²) in [6, 6.07) is 18.3. The zero-order valence-electron chi connectivity index (χ0n) is 15.9. The molecule has 6 nitrogen and oxygen atoms in total. The molecule has 2 fully saturated rings. The first-order valence-electron chi connectivity index (χ1n) is 9.72. The summed E-state index contributed by atoms with van der Waals surface area (Å²) in [4.78, 5) is 16.6. The highest BCUT2D eigenvalue weighted by molar-refractivity contribution is 5.71. The van der Waals surface area contributed by atoms with Crippen molar-refractivity contribution in [2.45, 2.75) is 18.5 Å². The van der Waals surface area contributed by atoms with Crippen LogP contribution >= 0.6 is 0 Å². The van der Waals surface area contributed by atoms with Crippen molar-refractivity contribution in [3.8, 4) is 5.75 Å². The summed E-state index contributed by atoms with van der Waals surface area (Å²) in [5.74, 6) is 0.762. The Labute approximate surface area is 165 Å². The second-order valence-electron chi connectivity index (χ2n) is 7.52. The Kier molecular flexibility index (Phi) is 5.50. The lowest BCUT2D eigenvalue weighted by molar-refractivity contribution is 0.0476. The van der Waals surface area contributed by atoms with Gasteiger partial charge >= 0.3 is 6.09 Å². The van der Waals surface area contributed by atoms with Crippen LogP contribution in [0.3, 0.4) is 0 Å². The van der Waals surface area contributed by atoms with Gasteiger partial charge in [-0.2, -0.15) is 0 Å². The van der Waals surface area contributed by atoms with Gasteiger partial charge in [-0.25, -0.2) is 4.79 Å². The molecule has 0 aliphatic carbocycles. The van der Waals surface area contributed by atoms with E-state index in [0.29, 0.717) is 19.8 Å². The molecule has 28 heavy (non-hydrogen) atoms. The van der Waals surface area contributed by atoms with E-state index in [4.69, 9.17) is 14.6 Å². The lowest BCUT2D eigenvalue weighted by atomic mass is 9.88. The third-order valence-corrected chi connectivity index (χ3v) is 5.48. The molecule has 1 amide bonds. The minimum atomic E-state index is -0.305. The Morgan fingerprint density at radius 1 is 1.04 bits per heavy atom. The molecule has 148 valence electrons. The van der Waals surface area contributed by atoms with Crippen LogP contribution in [0.1, 0.15) is 11.1 Å². The summed E-state index contributed by atoms with van der Waals surface area (Å²) in [6.45, 7) is 3.87. The summed E-state index contributed by atoms with van der Waals surface area (Å²) < 4.78 is 10.9. The molecule has 0 saturated carbocycles. The number of hydrogen-bond acceptors (Lipinski definition) is 5. The predicted octanol–water partition coefficient (Wildman–Crippen LogP) is 2.31. The van der Waals surface area contributed by atoms with E-state index in [1.54, 1.807) is 0 Å². The maximum Gasteiger partial charge on any atom is 0.410 e. The normalized spacial score (nSPS) is 22.0. The maximum atomic E-state index is 12.2. The molecule has 0 spiro atoms. The van der Waals surface area contributed by atoms with Crippen molar-refractivity contribution in [2.24, 2.45) is 0 Å². The Hall–Kier alpha value is -2.57. The lowest BCUT2D eigenvalue weighted by Gasteiger charge is -2.45. The highest BCUT2D eigenvalue weighted by atomic mass is 16.6. The maximum absolute atomic E-state index is 12.2. The smallest absolute Gasteiger partial charge is 0.410 e. The molecule has 2 aromatic carbocycles. The Balaban J connectivity index is 1.46. The van der Waals surface area contributed by atoms with Gasteiger partial charge in [-0.1, -0.05) is 42.5 Å². The van der Waals surface area contributed by atoms with Crippen molar-refractivity contribution in [2.75, 3.05) is 39.5 Å². The highest BCUT2D eigenvalue weighted by Gasteiger charge is 2.50. The fourth-order valence-corrected chi connectivity index (χ4v) is 4.17. The Bertz CT molecular complexity index is 796. The third kappa shape index (κ3) is 3.98. The van der Waals surface area contributed by atoms with E-state index in [0.717, 1.165) is 31.8 Å². The molecule has 4 rings (SSSR count). The van der Waals surface area contributed by atoms with Crippen LogP contribution < -0.4 is 4.74 Å². The first kappa shape index (κ1) is 18.8. The number of carbonyl (C=O) groups is 1. The quantitative estimate of drug-likeness (QED) is 0.796. The molecular formula is C22H26N2O4. The van der Waals surface area contributed by atoms with Gasteiger partial charge in [0.05, 0.1) is 12.1 Å². The number of carbonyl (C=O) groups excluding carboxylic acids is 1. The van der Waals surface area contributed by atoms with Crippen LogP contribution in [-0.2, 0) is 17.7 Å². The Morgan fingerprint density at radius 2 is 1.82 bits per heavy atom. The Morgan fingerprint density at radius 3 is 2.57 bits per heavy atom. The molecule has 2 aromatic rings. The number of ether oxygens (including phenoxy) is 2. The molecule has 0 radical (unpaired) electrons. The van der Waals surface area contributed by atoms with Crippen LogP contribution in [0.5, 0.6) is 5.75 Å². The van der Waals surface area contributed by atoms with Gasteiger partial charge in [0, 0.05) is 32.6 Å². The van der Waals surface area contributed by atoms with Crippen LogP contribution in [0.2, 0.25) is 0 Å². The van der Waals surface area contributed by atoms with Gasteiger partial charge in [0.1, 0.15) is 19.0 Å². The third-order valence-electron chi connectivity index (χ3n) is 5.48. The standard InChI is InChI=1S/C22H26N2O4/c25-12-13-27-20-8-6-19(7-9-20)15-23-10-11-24-21(26)28-17-22(24,16-23)14-18-4-2-1-3-5-18/h1-9,25H,10-17H2. The predicted molar refractivity (Wildman–Crippen MR) is 105 cm³/mol. The molecule has 2 saturated heterocycles. The van der Waals surface area contributed by atoms with Crippen molar-refractivity contribution in [3.63, 3.8) is 0 Å².